The molecule has 3 aromatic rings. The van der Waals surface area contributed by atoms with E-state index in [9.17, 15) is 5.26 Å². The number of nitrogens with one attached hydrogen (secondary N) is 1. The van der Waals surface area contributed by atoms with Crippen LogP contribution in [-0.4, -0.2) is 10.5 Å². The normalized spacial score (nSPS) is 10.7. The highest BCUT2D eigenvalue weighted by Gasteiger charge is 2.16. The van der Waals surface area contributed by atoms with Crippen LogP contribution in [0.1, 0.15) is 41.7 Å². The summed E-state index contributed by atoms with van der Waals surface area (Å²) >= 11 is 0. The lowest BCUT2D eigenvalue weighted by Gasteiger charge is -2.23. The molecule has 0 saturated carbocycles. The number of aryl methyl sites for hydroxylation is 2. The molecule has 0 fully saturated rings. The van der Waals surface area contributed by atoms with Gasteiger partial charge in [0, 0.05) is 28.4 Å². The minimum atomic E-state index is -0.519. The largest absolute Gasteiger partial charge is 0.369 e. The topological polar surface area (TPSA) is 48.7 Å². The average molecular weight is 365 g/mol. The van der Waals surface area contributed by atoms with Crippen molar-refractivity contribution in [1.82, 2.24) is 10.3 Å². The molecule has 1 N–H and O–H groups in total. The Morgan fingerprint density at radius 3 is 2.64 bits per heavy atom. The minimum absolute atomic E-state index is 0.519. The lowest BCUT2D eigenvalue weighted by atomic mass is 10.0. The molecular formula is C25H23N3. The molecule has 0 aliphatic carbocycles. The summed E-state index contributed by atoms with van der Waals surface area (Å²) in [7, 11) is 0. The van der Waals surface area contributed by atoms with E-state index in [0.717, 1.165) is 38.9 Å². The molecule has 0 bridgehead atoms. The summed E-state index contributed by atoms with van der Waals surface area (Å²) < 4.78 is 0. The molecule has 3 nitrogen and oxygen atoms in total. The predicted molar refractivity (Wildman–Crippen MR) is 116 cm³/mol. The van der Waals surface area contributed by atoms with Gasteiger partial charge in [-0.3, -0.25) is 4.98 Å². The molecule has 138 valence electrons. The molecule has 0 aliphatic rings. The lowest BCUT2D eigenvalue weighted by Crippen LogP contribution is -2.36. The highest BCUT2D eigenvalue weighted by Crippen LogP contribution is 2.21. The highest BCUT2D eigenvalue weighted by atomic mass is 15.0. The van der Waals surface area contributed by atoms with E-state index < -0.39 is 5.54 Å². The van der Waals surface area contributed by atoms with Gasteiger partial charge in [-0.15, -0.1) is 0 Å². The minimum Gasteiger partial charge on any atom is -0.369 e. The van der Waals surface area contributed by atoms with Crippen molar-refractivity contribution < 1.29 is 0 Å². The van der Waals surface area contributed by atoms with Gasteiger partial charge in [0.25, 0.3) is 0 Å². The number of nitriles is 1. The number of nitrogens with zero attached hydrogens (tertiary/aromatic N) is 2. The van der Waals surface area contributed by atoms with Crippen LogP contribution in [0.3, 0.4) is 0 Å². The zero-order valence-corrected chi connectivity index (χ0v) is 16.7. The van der Waals surface area contributed by atoms with Crippen molar-refractivity contribution in [2.75, 3.05) is 0 Å². The van der Waals surface area contributed by atoms with Crippen LogP contribution in [0, 0.1) is 37.0 Å². The third-order valence-corrected chi connectivity index (χ3v) is 4.53. The van der Waals surface area contributed by atoms with E-state index in [2.05, 4.69) is 59.9 Å². The Bertz CT molecular complexity index is 1170. The van der Waals surface area contributed by atoms with Gasteiger partial charge in [0.05, 0.1) is 16.6 Å². The molecule has 3 heteroatoms. The summed E-state index contributed by atoms with van der Waals surface area (Å²) in [5.41, 5.74) is 5.74. The van der Waals surface area contributed by atoms with Gasteiger partial charge in [-0.1, -0.05) is 42.7 Å². The Morgan fingerprint density at radius 2 is 1.89 bits per heavy atom. The van der Waals surface area contributed by atoms with Crippen molar-refractivity contribution in [2.45, 2.75) is 33.2 Å². The SMILES string of the molecule is C=C(NC(C)(C)C#Cc1cc(C)ccc1C#N)c1cnc2c(C)cccc2c1. The Labute approximate surface area is 166 Å². The number of rotatable bonds is 3. The number of aromatic nitrogens is 1. The van der Waals surface area contributed by atoms with Crippen LogP contribution < -0.4 is 5.32 Å². The van der Waals surface area contributed by atoms with E-state index >= 15 is 0 Å². The van der Waals surface area contributed by atoms with Crippen molar-refractivity contribution in [3.05, 3.63) is 83.1 Å². The molecule has 0 saturated heterocycles. The van der Waals surface area contributed by atoms with Crippen LogP contribution in [0.4, 0.5) is 0 Å². The smallest absolute Gasteiger partial charge is 0.100 e. The number of para-hydroxylation sites is 1. The first-order valence-electron chi connectivity index (χ1n) is 9.16. The van der Waals surface area contributed by atoms with Gasteiger partial charge < -0.3 is 5.32 Å². The summed E-state index contributed by atoms with van der Waals surface area (Å²) in [6.07, 6.45) is 1.84. The van der Waals surface area contributed by atoms with Gasteiger partial charge in [0.2, 0.25) is 0 Å². The molecule has 0 radical (unpaired) electrons. The van der Waals surface area contributed by atoms with Crippen LogP contribution in [0.2, 0.25) is 0 Å². The quantitative estimate of drug-likeness (QED) is 0.656. The molecule has 2 aromatic carbocycles. The van der Waals surface area contributed by atoms with Crippen LogP contribution in [0.15, 0.2) is 55.2 Å². The van der Waals surface area contributed by atoms with Gasteiger partial charge in [-0.25, -0.2) is 0 Å². The standard InChI is InChI=1S/C25H23N3/c1-17-9-10-22(15-26)20(13-17)11-12-25(4,5)28-19(3)23-14-21-8-6-7-18(2)24(21)27-16-23/h6-10,13-14,16,28H,3H2,1-2,4-5H3. The maximum Gasteiger partial charge on any atom is 0.100 e. The van der Waals surface area contributed by atoms with Crippen molar-refractivity contribution in [3.8, 4) is 17.9 Å². The Kier molecular flexibility index (Phi) is 5.21. The fraction of sp³-hybridized carbons (Fsp3) is 0.200. The molecule has 0 unspecified atom stereocenters. The van der Waals surface area contributed by atoms with Gasteiger partial charge in [0.15, 0.2) is 0 Å². The molecule has 0 spiro atoms. The maximum absolute atomic E-state index is 9.28. The Hall–Kier alpha value is -3.56. The maximum atomic E-state index is 9.28. The molecule has 0 atom stereocenters. The molecule has 28 heavy (non-hydrogen) atoms. The van der Waals surface area contributed by atoms with Crippen molar-refractivity contribution in [3.63, 3.8) is 0 Å². The average Bonchev–Trinajstić information content (AvgIpc) is 2.66. The first-order chi connectivity index (χ1) is 13.3. The van der Waals surface area contributed by atoms with Crippen LogP contribution in [0.25, 0.3) is 16.6 Å². The van der Waals surface area contributed by atoms with Gasteiger partial charge in [-0.05, 0) is 57.0 Å². The number of hydrogen-bond donors (Lipinski definition) is 1. The number of benzene rings is 2. The summed E-state index contributed by atoms with van der Waals surface area (Å²) in [5.74, 6) is 6.38. The van der Waals surface area contributed by atoms with Gasteiger partial charge in [-0.2, -0.15) is 5.26 Å². The molecule has 1 heterocycles. The zero-order valence-electron chi connectivity index (χ0n) is 16.7. The number of hydrogen-bond acceptors (Lipinski definition) is 3. The third-order valence-electron chi connectivity index (χ3n) is 4.53. The van der Waals surface area contributed by atoms with E-state index in [-0.39, 0.29) is 0 Å². The number of pyridine rings is 1. The van der Waals surface area contributed by atoms with E-state index in [1.54, 1.807) is 6.07 Å². The van der Waals surface area contributed by atoms with Crippen molar-refractivity contribution >= 4 is 16.6 Å². The van der Waals surface area contributed by atoms with Gasteiger partial charge >= 0.3 is 0 Å². The third kappa shape index (κ3) is 4.22. The molecule has 3 rings (SSSR count). The van der Waals surface area contributed by atoms with Gasteiger partial charge in [0.1, 0.15) is 6.07 Å². The first kappa shape index (κ1) is 19.2. The molecular weight excluding hydrogens is 342 g/mol. The summed E-state index contributed by atoms with van der Waals surface area (Å²) in [5, 5.41) is 13.8. The van der Waals surface area contributed by atoms with Crippen molar-refractivity contribution in [1.29, 1.82) is 5.26 Å². The van der Waals surface area contributed by atoms with Crippen LogP contribution in [0.5, 0.6) is 0 Å². The summed E-state index contributed by atoms with van der Waals surface area (Å²) in [6, 6.07) is 16.1. The van der Waals surface area contributed by atoms with Crippen LogP contribution in [-0.2, 0) is 0 Å². The lowest BCUT2D eigenvalue weighted by molar-refractivity contribution is 0.587. The number of fused-ring (bicyclic) bond motifs is 1. The summed E-state index contributed by atoms with van der Waals surface area (Å²) in [6.45, 7) is 12.2. The molecule has 1 aromatic heterocycles. The second-order valence-corrected chi connectivity index (χ2v) is 7.51. The van der Waals surface area contributed by atoms with Crippen LogP contribution >= 0.6 is 0 Å². The van der Waals surface area contributed by atoms with E-state index in [4.69, 9.17) is 0 Å². The fourth-order valence-electron chi connectivity index (χ4n) is 3.04. The van der Waals surface area contributed by atoms with E-state index in [1.165, 1.54) is 0 Å². The van der Waals surface area contributed by atoms with E-state index in [0.29, 0.717) is 5.56 Å². The highest BCUT2D eigenvalue weighted by molar-refractivity contribution is 5.84. The second kappa shape index (κ2) is 7.59. The molecule has 0 amide bonds. The second-order valence-electron chi connectivity index (χ2n) is 7.51. The van der Waals surface area contributed by atoms with E-state index in [1.807, 2.05) is 45.2 Å². The zero-order chi connectivity index (χ0) is 20.3. The fourth-order valence-corrected chi connectivity index (χ4v) is 3.04. The summed E-state index contributed by atoms with van der Waals surface area (Å²) in [4.78, 5) is 4.58. The van der Waals surface area contributed by atoms with Crippen molar-refractivity contribution in [2.24, 2.45) is 0 Å². The first-order valence-corrected chi connectivity index (χ1v) is 9.16. The predicted octanol–water partition coefficient (Wildman–Crippen LogP) is 5.11. The molecule has 0 aliphatic heterocycles. The Morgan fingerprint density at radius 1 is 1.11 bits per heavy atom. The Balaban J connectivity index is 1.84. The monoisotopic (exact) mass is 365 g/mol.